The first-order valence-electron chi connectivity index (χ1n) is 32.0. The van der Waals surface area contributed by atoms with Crippen molar-refractivity contribution in [1.29, 1.82) is 0 Å². The molecule has 37 heteroatoms. The minimum Gasteiger partial charge on any atom is -0.466 e. The standard InChI is InChI=1S/C56H119O16P7S14/c1-25-58-56(57)26-27-87-77(84,67-52(21)39-91-78(85,69-49(18)36-88-73(80,59-28-41(2)3)60-29-42(4)5)70-50(19)37-89-74(81,61-30-43(6)7)62-31-44(8)9)68-53(22)40-92-79(86,71-51(20)38-90-75(82,63-32-45(10)11)64-33-46(12)13)72-54(23)55(24)93-76(83,65-34-47(14)15)66-35-48(16)17/h41-55H,25-40H2,1-24H3. The van der Waals surface area contributed by atoms with Gasteiger partial charge in [0.2, 0.25) is 39.9 Å². The van der Waals surface area contributed by atoms with Crippen molar-refractivity contribution in [3.05, 3.63) is 0 Å². The van der Waals surface area contributed by atoms with Crippen molar-refractivity contribution >= 4 is 208 Å². The zero-order valence-corrected chi connectivity index (χ0v) is 77.5. The maximum atomic E-state index is 12.8. The second kappa shape index (κ2) is 51.3. The molecular formula is C56H119O16P7S14. The summed E-state index contributed by atoms with van der Waals surface area (Å²) in [6.07, 6.45) is -2.65. The van der Waals surface area contributed by atoms with Gasteiger partial charge in [-0.3, -0.25) is 4.79 Å². The van der Waals surface area contributed by atoms with Crippen LogP contribution in [0, 0.1) is 47.3 Å². The first-order valence-corrected chi connectivity index (χ1v) is 61.5. The van der Waals surface area contributed by atoms with Gasteiger partial charge in [0.15, 0.2) is 0 Å². The van der Waals surface area contributed by atoms with Crippen molar-refractivity contribution in [2.75, 3.05) is 94.0 Å². The molecule has 558 valence electrons. The highest BCUT2D eigenvalue weighted by molar-refractivity contribution is 8.70. The summed E-state index contributed by atoms with van der Waals surface area (Å²) in [6, 6.07) is 0. The van der Waals surface area contributed by atoms with Crippen molar-refractivity contribution < 1.29 is 72.9 Å². The van der Waals surface area contributed by atoms with Crippen LogP contribution in [0.1, 0.15) is 173 Å². The maximum absolute atomic E-state index is 12.8. The Labute approximate surface area is 630 Å². The van der Waals surface area contributed by atoms with Gasteiger partial charge in [0.25, 0.3) is 0 Å². The Morgan fingerprint density at radius 3 is 0.763 bits per heavy atom. The number of carbonyl (C=O) groups excluding carboxylic acids is 1. The molecule has 0 aromatic carbocycles. The van der Waals surface area contributed by atoms with Gasteiger partial charge < -0.3 is 68.1 Å². The summed E-state index contributed by atoms with van der Waals surface area (Å²) in [5.74, 6) is 4.09. The zero-order chi connectivity index (χ0) is 71.6. The number of hydrogen-bond acceptors (Lipinski definition) is 30. The van der Waals surface area contributed by atoms with E-state index in [1.54, 1.807) is 6.92 Å². The third-order valence-electron chi connectivity index (χ3n) is 10.5. The fraction of sp³-hybridized carbons (Fsp3) is 0.982. The molecule has 0 bridgehead atoms. The molecule has 0 heterocycles. The average Bonchev–Trinajstić information content (AvgIpc) is 0.867. The van der Waals surface area contributed by atoms with Gasteiger partial charge in [-0.2, -0.15) is 0 Å². The summed E-state index contributed by atoms with van der Waals surface area (Å²) < 4.78 is 97.2. The Balaban J connectivity index is 7.29. The van der Waals surface area contributed by atoms with Crippen LogP contribution in [0.5, 0.6) is 0 Å². The number of carbonyl (C=O) groups is 1. The molecule has 0 aromatic heterocycles. The van der Waals surface area contributed by atoms with Crippen molar-refractivity contribution in [2.45, 2.75) is 214 Å². The van der Waals surface area contributed by atoms with Gasteiger partial charge in [-0.25, -0.2) is 0 Å². The van der Waals surface area contributed by atoms with Crippen LogP contribution in [0.15, 0.2) is 0 Å². The molecular weight excluding hydrogens is 1590 g/mol. The summed E-state index contributed by atoms with van der Waals surface area (Å²) in [5.41, 5.74) is -20.7. The van der Waals surface area contributed by atoms with Gasteiger partial charge in [-0.1, -0.05) is 197 Å². The van der Waals surface area contributed by atoms with Gasteiger partial charge in [-0.05, 0) is 178 Å². The van der Waals surface area contributed by atoms with Crippen molar-refractivity contribution in [3.63, 3.8) is 0 Å². The lowest BCUT2D eigenvalue weighted by molar-refractivity contribution is -0.142. The van der Waals surface area contributed by atoms with Crippen LogP contribution >= 0.6 is 120 Å². The molecule has 0 aliphatic rings. The molecule has 0 aromatic rings. The Morgan fingerprint density at radius 2 is 0.527 bits per heavy atom. The highest BCUT2D eigenvalue weighted by Crippen LogP contribution is 2.71. The minimum absolute atomic E-state index is 0.103. The lowest BCUT2D eigenvalue weighted by Gasteiger charge is -2.33. The smallest absolute Gasteiger partial charge is 0.306 e. The highest BCUT2D eigenvalue weighted by atomic mass is 32.9. The molecule has 0 spiro atoms. The molecule has 0 fully saturated rings. The van der Waals surface area contributed by atoms with E-state index in [0.29, 0.717) is 87.4 Å². The van der Waals surface area contributed by atoms with Gasteiger partial charge >= 0.3 is 5.97 Å². The summed E-state index contributed by atoms with van der Waals surface area (Å²) in [5, 5.41) is -0.196. The molecule has 9 atom stereocenters. The zero-order valence-electron chi connectivity index (χ0n) is 59.9. The summed E-state index contributed by atoms with van der Waals surface area (Å²) in [4.78, 5) is 12.8. The minimum atomic E-state index is -3.27. The molecule has 0 amide bonds. The van der Waals surface area contributed by atoms with E-state index in [1.165, 1.54) is 79.7 Å². The van der Waals surface area contributed by atoms with Gasteiger partial charge in [0.1, 0.15) is 0 Å². The molecule has 16 nitrogen and oxygen atoms in total. The van der Waals surface area contributed by atoms with Gasteiger partial charge in [0, 0.05) is 39.8 Å². The van der Waals surface area contributed by atoms with Crippen LogP contribution in [-0.2, 0) is 156 Å². The maximum Gasteiger partial charge on any atom is 0.306 e. The molecule has 9 unspecified atom stereocenters. The van der Waals surface area contributed by atoms with Crippen LogP contribution in [-0.4, -0.2) is 142 Å². The second-order valence-electron chi connectivity index (χ2n) is 25.7. The average molecular weight is 1710 g/mol. The molecule has 0 aliphatic heterocycles. The van der Waals surface area contributed by atoms with E-state index in [2.05, 4.69) is 118 Å². The highest BCUT2D eigenvalue weighted by Gasteiger charge is 2.37. The predicted octanol–water partition coefficient (Wildman–Crippen LogP) is 22.8. The Kier molecular flexibility index (Phi) is 54.5. The van der Waals surface area contributed by atoms with E-state index in [4.69, 9.17) is 151 Å². The monoisotopic (exact) mass is 1710 g/mol. The second-order valence-corrected chi connectivity index (χ2v) is 70.2. The third-order valence-corrected chi connectivity index (χ3v) is 49.1. The third kappa shape index (κ3) is 51.0. The molecule has 93 heavy (non-hydrogen) atoms. The molecule has 0 saturated heterocycles. The summed E-state index contributed by atoms with van der Waals surface area (Å²) in [7, 11) is 0. The fourth-order valence-corrected chi connectivity index (χ4v) is 42.4. The number of esters is 1. The first-order chi connectivity index (χ1) is 42.8. The number of ether oxygens (including phenoxy) is 1. The van der Waals surface area contributed by atoms with E-state index >= 15 is 0 Å². The van der Waals surface area contributed by atoms with Crippen LogP contribution in [0.25, 0.3) is 0 Å². The molecule has 0 aliphatic carbocycles. The summed E-state index contributed by atoms with van der Waals surface area (Å²) in [6.45, 7) is 53.0. The van der Waals surface area contributed by atoms with Crippen LogP contribution in [0.4, 0.5) is 0 Å². The van der Waals surface area contributed by atoms with Crippen LogP contribution in [0.3, 0.4) is 0 Å². The summed E-state index contributed by atoms with van der Waals surface area (Å²) >= 11 is 53.8. The van der Waals surface area contributed by atoms with Crippen LogP contribution in [0.2, 0.25) is 0 Å². The Bertz CT molecular complexity index is 2290. The lowest BCUT2D eigenvalue weighted by Crippen LogP contribution is -2.22. The molecule has 0 radical (unpaired) electrons. The predicted molar refractivity (Wildman–Crippen MR) is 443 cm³/mol. The largest absolute Gasteiger partial charge is 0.466 e. The SMILES string of the molecule is CCOC(=O)CCSP(=S)(OC(C)CSP(=S)(OC(C)CSP(=S)(OCC(C)C)OCC(C)C)OC(C)CSP(=S)(OCC(C)C)OCC(C)C)OC(C)CSP(=S)(OC(C)CSP(=S)(OCC(C)C)OCC(C)C)OC(C)C(C)SP(=S)(OCC(C)C)OCC(C)C. The molecule has 0 saturated carbocycles. The Hall–Kier alpha value is 5.91. The van der Waals surface area contributed by atoms with Gasteiger partial charge in [-0.15, -0.1) is 0 Å². The normalized spacial score (nSPS) is 17.5. The van der Waals surface area contributed by atoms with E-state index in [-0.39, 0.29) is 71.6 Å². The van der Waals surface area contributed by atoms with E-state index in [1.807, 2.05) is 41.5 Å². The topological polar surface area (TPSA) is 156 Å². The molecule has 0 N–H and O–H groups in total. The van der Waals surface area contributed by atoms with Crippen molar-refractivity contribution in [2.24, 2.45) is 47.3 Å². The molecule has 0 rings (SSSR count). The lowest BCUT2D eigenvalue weighted by atomic mass is 10.2. The number of hydrogen-bond donors (Lipinski definition) is 0. The van der Waals surface area contributed by atoms with E-state index in [9.17, 15) is 4.79 Å². The van der Waals surface area contributed by atoms with Crippen LogP contribution < -0.4 is 0 Å². The van der Waals surface area contributed by atoms with Gasteiger partial charge in [0.05, 0.1) is 103 Å². The fourth-order valence-electron chi connectivity index (χ4n) is 5.90. The quantitative estimate of drug-likeness (QED) is 0.0418. The van der Waals surface area contributed by atoms with E-state index < -0.39 is 76.5 Å². The Morgan fingerprint density at radius 1 is 0.312 bits per heavy atom. The number of rotatable bonds is 59. The van der Waals surface area contributed by atoms with Crippen molar-refractivity contribution in [1.82, 2.24) is 0 Å². The van der Waals surface area contributed by atoms with E-state index in [0.717, 1.165) is 0 Å². The first kappa shape index (κ1) is 98.9. The van der Waals surface area contributed by atoms with Crippen molar-refractivity contribution in [3.8, 4) is 0 Å².